The molecule has 8 heteroatoms. The van der Waals surface area contributed by atoms with Crippen LogP contribution in [0.3, 0.4) is 0 Å². The summed E-state index contributed by atoms with van der Waals surface area (Å²) in [6.07, 6.45) is 5.64. The molecule has 1 N–H and O–H groups in total. The van der Waals surface area contributed by atoms with Crippen molar-refractivity contribution in [2.24, 2.45) is 10.9 Å². The van der Waals surface area contributed by atoms with E-state index in [2.05, 4.69) is 22.0 Å². The van der Waals surface area contributed by atoms with Crippen molar-refractivity contribution in [1.82, 2.24) is 15.1 Å². The van der Waals surface area contributed by atoms with Crippen LogP contribution < -0.4 is 5.32 Å². The number of ether oxygens (including phenoxy) is 2. The van der Waals surface area contributed by atoms with Crippen molar-refractivity contribution in [2.75, 3.05) is 59.6 Å². The zero-order chi connectivity index (χ0) is 22.6. The van der Waals surface area contributed by atoms with Crippen molar-refractivity contribution in [3.05, 3.63) is 35.6 Å². The number of hydrogen-bond acceptors (Lipinski definition) is 4. The van der Waals surface area contributed by atoms with Crippen LogP contribution in [0.2, 0.25) is 0 Å². The van der Waals surface area contributed by atoms with Gasteiger partial charge in [-0.3, -0.25) is 9.89 Å². The minimum atomic E-state index is -0.0985. The zero-order valence-electron chi connectivity index (χ0n) is 20.3. The van der Waals surface area contributed by atoms with Crippen molar-refractivity contribution in [1.29, 1.82) is 0 Å². The summed E-state index contributed by atoms with van der Waals surface area (Å²) >= 11 is 0. The molecule has 1 aromatic rings. The summed E-state index contributed by atoms with van der Waals surface area (Å²) in [5.41, 5.74) is 0.796. The molecular weight excluding hydrogens is 534 g/mol. The number of aliphatic imine (C=N–C) groups is 1. The summed E-state index contributed by atoms with van der Waals surface area (Å²) in [4.78, 5) is 9.73. The number of nitrogens with zero attached hydrogens (tertiary/aromatic N) is 3. The molecule has 0 bridgehead atoms. The van der Waals surface area contributed by atoms with E-state index in [4.69, 9.17) is 14.5 Å². The second-order valence-electron chi connectivity index (χ2n) is 8.91. The molecule has 0 saturated carbocycles. The van der Waals surface area contributed by atoms with Gasteiger partial charge in [0.05, 0.1) is 6.10 Å². The minimum Gasteiger partial charge on any atom is -0.385 e. The lowest BCUT2D eigenvalue weighted by Gasteiger charge is -2.35. The van der Waals surface area contributed by atoms with E-state index in [1.54, 1.807) is 19.2 Å². The van der Waals surface area contributed by atoms with E-state index in [-0.39, 0.29) is 29.8 Å². The first-order valence-corrected chi connectivity index (χ1v) is 12.3. The SMILES string of the molecule is CCNC(=NCC1CCN(Cc2ccccc2F)CC1)N1CCC(OCCCOC)CC1.I. The molecule has 0 amide bonds. The van der Waals surface area contributed by atoms with E-state index in [0.29, 0.717) is 18.6 Å². The number of rotatable bonds is 10. The molecule has 2 aliphatic rings. The molecule has 0 spiro atoms. The highest BCUT2D eigenvalue weighted by atomic mass is 127. The molecule has 2 heterocycles. The Labute approximate surface area is 216 Å². The molecule has 3 rings (SSSR count). The number of piperidine rings is 2. The van der Waals surface area contributed by atoms with Gasteiger partial charge in [0.25, 0.3) is 0 Å². The number of methoxy groups -OCH3 is 1. The standard InChI is InChI=1S/C25H41FN4O2.HI/c1-3-27-25(30-15-11-23(12-16-30)32-18-6-17-31-2)28-19-21-9-13-29(14-10-21)20-22-7-4-5-8-24(22)26;/h4-5,7-8,21,23H,3,6,9-20H2,1-2H3,(H,27,28);1H. The average Bonchev–Trinajstić information content (AvgIpc) is 2.82. The monoisotopic (exact) mass is 576 g/mol. The molecule has 0 radical (unpaired) electrons. The van der Waals surface area contributed by atoms with Gasteiger partial charge >= 0.3 is 0 Å². The number of nitrogens with one attached hydrogen (secondary N) is 1. The maximum absolute atomic E-state index is 13.9. The second kappa shape index (κ2) is 15.8. The lowest BCUT2D eigenvalue weighted by atomic mass is 9.96. The Bertz CT molecular complexity index is 693. The van der Waals surface area contributed by atoms with Crippen LogP contribution in [0.25, 0.3) is 0 Å². The summed E-state index contributed by atoms with van der Waals surface area (Å²) < 4.78 is 25.0. The normalized spacial score (nSPS) is 18.9. The molecule has 33 heavy (non-hydrogen) atoms. The first-order chi connectivity index (χ1) is 15.7. The Hall–Kier alpha value is -0.970. The van der Waals surface area contributed by atoms with Crippen molar-refractivity contribution in [3.63, 3.8) is 0 Å². The van der Waals surface area contributed by atoms with Crippen molar-refractivity contribution in [2.45, 2.75) is 51.7 Å². The van der Waals surface area contributed by atoms with Crippen LogP contribution in [0.1, 0.15) is 44.6 Å². The van der Waals surface area contributed by atoms with Gasteiger partial charge in [-0.1, -0.05) is 18.2 Å². The minimum absolute atomic E-state index is 0. The van der Waals surface area contributed by atoms with Gasteiger partial charge in [-0.2, -0.15) is 0 Å². The van der Waals surface area contributed by atoms with E-state index in [1.807, 2.05) is 12.1 Å². The fourth-order valence-corrected chi connectivity index (χ4v) is 4.52. The smallest absolute Gasteiger partial charge is 0.193 e. The summed E-state index contributed by atoms with van der Waals surface area (Å²) in [5.74, 6) is 1.54. The molecular formula is C25H42FIN4O2. The molecule has 1 aromatic carbocycles. The van der Waals surface area contributed by atoms with E-state index < -0.39 is 0 Å². The Balaban J connectivity index is 0.00000385. The first kappa shape index (κ1) is 28.3. The van der Waals surface area contributed by atoms with Crippen molar-refractivity contribution in [3.8, 4) is 0 Å². The molecule has 6 nitrogen and oxygen atoms in total. The third kappa shape index (κ3) is 9.66. The molecule has 2 fully saturated rings. The number of hydrogen-bond donors (Lipinski definition) is 1. The van der Waals surface area contributed by atoms with Gasteiger partial charge in [-0.15, -0.1) is 24.0 Å². The Morgan fingerprint density at radius 1 is 1.09 bits per heavy atom. The Morgan fingerprint density at radius 3 is 2.48 bits per heavy atom. The topological polar surface area (TPSA) is 49.3 Å². The highest BCUT2D eigenvalue weighted by Crippen LogP contribution is 2.21. The number of halogens is 2. The summed E-state index contributed by atoms with van der Waals surface area (Å²) in [6, 6.07) is 7.11. The number of benzene rings is 1. The van der Waals surface area contributed by atoms with Crippen LogP contribution in [0.15, 0.2) is 29.3 Å². The first-order valence-electron chi connectivity index (χ1n) is 12.3. The lowest BCUT2D eigenvalue weighted by Crippen LogP contribution is -2.47. The molecule has 0 atom stereocenters. The van der Waals surface area contributed by atoms with E-state index in [0.717, 1.165) is 96.1 Å². The van der Waals surface area contributed by atoms with Gasteiger partial charge in [0.2, 0.25) is 0 Å². The van der Waals surface area contributed by atoms with Crippen molar-refractivity contribution < 1.29 is 13.9 Å². The van der Waals surface area contributed by atoms with Crippen molar-refractivity contribution >= 4 is 29.9 Å². The molecule has 0 aromatic heterocycles. The van der Waals surface area contributed by atoms with Crippen LogP contribution in [0.5, 0.6) is 0 Å². The number of likely N-dealkylation sites (tertiary alicyclic amines) is 2. The van der Waals surface area contributed by atoms with E-state index >= 15 is 0 Å². The maximum Gasteiger partial charge on any atom is 0.193 e. The summed E-state index contributed by atoms with van der Waals surface area (Å²) in [7, 11) is 1.73. The van der Waals surface area contributed by atoms with E-state index in [1.165, 1.54) is 0 Å². The van der Waals surface area contributed by atoms with Gasteiger partial charge in [-0.05, 0) is 64.1 Å². The van der Waals surface area contributed by atoms with Crippen LogP contribution in [-0.2, 0) is 16.0 Å². The van der Waals surface area contributed by atoms with Gasteiger partial charge in [0, 0.05) is 58.6 Å². The predicted molar refractivity (Wildman–Crippen MR) is 143 cm³/mol. The van der Waals surface area contributed by atoms with Gasteiger partial charge < -0.3 is 19.7 Å². The van der Waals surface area contributed by atoms with Crippen LogP contribution in [-0.4, -0.2) is 81.5 Å². The molecule has 2 saturated heterocycles. The molecule has 2 aliphatic heterocycles. The predicted octanol–water partition coefficient (Wildman–Crippen LogP) is 4.14. The highest BCUT2D eigenvalue weighted by molar-refractivity contribution is 14.0. The zero-order valence-corrected chi connectivity index (χ0v) is 22.6. The second-order valence-corrected chi connectivity index (χ2v) is 8.91. The number of guanidine groups is 1. The fraction of sp³-hybridized carbons (Fsp3) is 0.720. The van der Waals surface area contributed by atoms with Gasteiger partial charge in [0.1, 0.15) is 5.82 Å². The largest absolute Gasteiger partial charge is 0.385 e. The van der Waals surface area contributed by atoms with Gasteiger partial charge in [0.15, 0.2) is 5.96 Å². The lowest BCUT2D eigenvalue weighted by molar-refractivity contribution is 0.00988. The van der Waals surface area contributed by atoms with Crippen LogP contribution >= 0.6 is 24.0 Å². The molecule has 188 valence electrons. The maximum atomic E-state index is 13.9. The summed E-state index contributed by atoms with van der Waals surface area (Å²) in [6.45, 7) is 10.1. The molecule has 0 unspecified atom stereocenters. The van der Waals surface area contributed by atoms with Gasteiger partial charge in [-0.25, -0.2) is 4.39 Å². The highest BCUT2D eigenvalue weighted by Gasteiger charge is 2.23. The molecule has 0 aliphatic carbocycles. The summed E-state index contributed by atoms with van der Waals surface area (Å²) in [5, 5.41) is 3.48. The average molecular weight is 577 g/mol. The third-order valence-corrected chi connectivity index (χ3v) is 6.48. The Morgan fingerprint density at radius 2 is 1.82 bits per heavy atom. The third-order valence-electron chi connectivity index (χ3n) is 6.48. The quantitative estimate of drug-likeness (QED) is 0.197. The van der Waals surface area contributed by atoms with Crippen LogP contribution in [0.4, 0.5) is 4.39 Å². The fourth-order valence-electron chi connectivity index (χ4n) is 4.52. The van der Waals surface area contributed by atoms with E-state index in [9.17, 15) is 4.39 Å². The van der Waals surface area contributed by atoms with Crippen LogP contribution in [0, 0.1) is 11.7 Å². The Kier molecular flexibility index (Phi) is 13.6.